The van der Waals surface area contributed by atoms with Gasteiger partial charge in [0.2, 0.25) is 0 Å². The number of rotatable bonds is 4. The quantitative estimate of drug-likeness (QED) is 0.844. The molecule has 1 saturated carbocycles. The van der Waals surface area contributed by atoms with Crippen molar-refractivity contribution in [1.29, 1.82) is 0 Å². The zero-order chi connectivity index (χ0) is 12.5. The molecule has 1 aliphatic carbocycles. The summed E-state index contributed by atoms with van der Waals surface area (Å²) in [7, 11) is -2.95. The fourth-order valence-corrected chi connectivity index (χ4v) is 3.95. The Labute approximate surface area is 102 Å². The molecule has 0 radical (unpaired) electrons. The molecule has 1 aliphatic rings. The van der Waals surface area contributed by atoms with Crippen LogP contribution in [0.5, 0.6) is 0 Å². The minimum atomic E-state index is -2.95. The molecule has 1 fully saturated rings. The highest BCUT2D eigenvalue weighted by atomic mass is 32.2. The third-order valence-electron chi connectivity index (χ3n) is 3.49. The fraction of sp³-hybridized carbons (Fsp3) is 0.727. The van der Waals surface area contributed by atoms with Gasteiger partial charge in [0, 0.05) is 30.1 Å². The molecule has 5 nitrogen and oxygen atoms in total. The highest BCUT2D eigenvalue weighted by molar-refractivity contribution is 7.91. The first-order chi connectivity index (χ1) is 7.98. The van der Waals surface area contributed by atoms with Crippen LogP contribution in [-0.2, 0) is 9.84 Å². The van der Waals surface area contributed by atoms with Crippen LogP contribution in [0.2, 0.25) is 0 Å². The number of nitrogens with zero attached hydrogens (tertiary/aromatic N) is 1. The third-order valence-corrected chi connectivity index (χ3v) is 5.15. The molecular formula is C11H19N3O2S. The molecule has 0 spiro atoms. The second-order valence-electron chi connectivity index (χ2n) is 4.83. The van der Waals surface area contributed by atoms with Gasteiger partial charge in [-0.15, -0.1) is 0 Å². The molecule has 1 aromatic rings. The van der Waals surface area contributed by atoms with E-state index >= 15 is 0 Å². The van der Waals surface area contributed by atoms with Crippen molar-refractivity contribution in [2.24, 2.45) is 0 Å². The van der Waals surface area contributed by atoms with Crippen LogP contribution in [0.4, 0.5) is 0 Å². The second kappa shape index (κ2) is 4.78. The van der Waals surface area contributed by atoms with E-state index in [-0.39, 0.29) is 17.3 Å². The maximum absolute atomic E-state index is 11.7. The first kappa shape index (κ1) is 12.6. The highest BCUT2D eigenvalue weighted by Crippen LogP contribution is 2.27. The summed E-state index contributed by atoms with van der Waals surface area (Å²) in [5.74, 6) is 0. The van der Waals surface area contributed by atoms with Crippen molar-refractivity contribution in [3.05, 3.63) is 18.0 Å². The van der Waals surface area contributed by atoms with Crippen molar-refractivity contribution < 1.29 is 8.42 Å². The van der Waals surface area contributed by atoms with Gasteiger partial charge in [0.15, 0.2) is 9.84 Å². The number of aromatic nitrogens is 2. The SMILES string of the molecule is CC(NC1CCCC1S(C)(=O)=O)c1cn[nH]c1. The molecule has 3 atom stereocenters. The van der Waals surface area contributed by atoms with Crippen molar-refractivity contribution in [2.75, 3.05) is 6.26 Å². The average molecular weight is 257 g/mol. The van der Waals surface area contributed by atoms with Crippen molar-refractivity contribution >= 4 is 9.84 Å². The van der Waals surface area contributed by atoms with Gasteiger partial charge >= 0.3 is 0 Å². The van der Waals surface area contributed by atoms with Crippen LogP contribution in [0.1, 0.15) is 37.8 Å². The number of nitrogens with one attached hydrogen (secondary N) is 2. The van der Waals surface area contributed by atoms with E-state index in [2.05, 4.69) is 15.5 Å². The van der Waals surface area contributed by atoms with E-state index < -0.39 is 9.84 Å². The molecule has 0 aromatic carbocycles. The number of hydrogen-bond acceptors (Lipinski definition) is 4. The van der Waals surface area contributed by atoms with Crippen molar-refractivity contribution in [3.63, 3.8) is 0 Å². The van der Waals surface area contributed by atoms with Gasteiger partial charge in [-0.2, -0.15) is 5.10 Å². The molecule has 2 N–H and O–H groups in total. The Morgan fingerprint density at radius 1 is 1.53 bits per heavy atom. The minimum Gasteiger partial charge on any atom is -0.306 e. The summed E-state index contributed by atoms with van der Waals surface area (Å²) in [5, 5.41) is 9.83. The highest BCUT2D eigenvalue weighted by Gasteiger charge is 2.35. The van der Waals surface area contributed by atoms with Crippen LogP contribution in [0.3, 0.4) is 0 Å². The standard InChI is InChI=1S/C11H19N3O2S/c1-8(9-6-12-13-7-9)14-10-4-3-5-11(10)17(2,15)16/h6-8,10-11,14H,3-5H2,1-2H3,(H,12,13). The van der Waals surface area contributed by atoms with E-state index in [1.807, 2.05) is 13.1 Å². The summed E-state index contributed by atoms with van der Waals surface area (Å²) >= 11 is 0. The lowest BCUT2D eigenvalue weighted by molar-refractivity contribution is 0.456. The summed E-state index contributed by atoms with van der Waals surface area (Å²) < 4.78 is 23.3. The van der Waals surface area contributed by atoms with Gasteiger partial charge in [-0.3, -0.25) is 5.10 Å². The molecule has 2 rings (SSSR count). The number of H-pyrrole nitrogens is 1. The Morgan fingerprint density at radius 3 is 2.88 bits per heavy atom. The van der Waals surface area contributed by atoms with Crippen LogP contribution in [0.25, 0.3) is 0 Å². The van der Waals surface area contributed by atoms with E-state index in [4.69, 9.17) is 0 Å². The molecule has 0 saturated heterocycles. The summed E-state index contributed by atoms with van der Waals surface area (Å²) in [5.41, 5.74) is 1.06. The number of hydrogen-bond donors (Lipinski definition) is 2. The minimum absolute atomic E-state index is 0.0647. The molecule has 96 valence electrons. The summed E-state index contributed by atoms with van der Waals surface area (Å²) in [6, 6.07) is 0.191. The van der Waals surface area contributed by atoms with Gasteiger partial charge in [-0.1, -0.05) is 6.42 Å². The first-order valence-corrected chi connectivity index (χ1v) is 7.87. The molecule has 0 bridgehead atoms. The van der Waals surface area contributed by atoms with Gasteiger partial charge in [-0.05, 0) is 19.8 Å². The zero-order valence-electron chi connectivity index (χ0n) is 10.2. The van der Waals surface area contributed by atoms with Crippen molar-refractivity contribution in [1.82, 2.24) is 15.5 Å². The molecule has 0 aliphatic heterocycles. The Kier molecular flexibility index (Phi) is 3.53. The number of sulfone groups is 1. The van der Waals surface area contributed by atoms with Gasteiger partial charge < -0.3 is 5.32 Å². The van der Waals surface area contributed by atoms with E-state index in [1.165, 1.54) is 6.26 Å². The van der Waals surface area contributed by atoms with E-state index in [9.17, 15) is 8.42 Å². The van der Waals surface area contributed by atoms with Crippen LogP contribution in [0.15, 0.2) is 12.4 Å². The van der Waals surface area contributed by atoms with E-state index in [1.54, 1.807) is 6.20 Å². The van der Waals surface area contributed by atoms with E-state index in [0.717, 1.165) is 24.8 Å². The monoisotopic (exact) mass is 257 g/mol. The van der Waals surface area contributed by atoms with Gasteiger partial charge in [0.1, 0.15) is 0 Å². The van der Waals surface area contributed by atoms with Crippen molar-refractivity contribution in [3.8, 4) is 0 Å². The Hall–Kier alpha value is -0.880. The normalized spacial score (nSPS) is 27.2. The average Bonchev–Trinajstić information content (AvgIpc) is 2.85. The van der Waals surface area contributed by atoms with Gasteiger partial charge in [0.05, 0.1) is 11.4 Å². The largest absolute Gasteiger partial charge is 0.306 e. The molecule has 0 amide bonds. The summed E-state index contributed by atoms with van der Waals surface area (Å²) in [6.07, 6.45) is 7.62. The Balaban J connectivity index is 2.04. The lowest BCUT2D eigenvalue weighted by Crippen LogP contribution is -2.41. The third kappa shape index (κ3) is 2.87. The molecule has 17 heavy (non-hydrogen) atoms. The zero-order valence-corrected chi connectivity index (χ0v) is 11.0. The molecular weight excluding hydrogens is 238 g/mol. The first-order valence-electron chi connectivity index (χ1n) is 5.92. The second-order valence-corrected chi connectivity index (χ2v) is 7.09. The predicted octanol–water partition coefficient (Wildman–Crippen LogP) is 1.03. The number of aromatic amines is 1. The van der Waals surface area contributed by atoms with Crippen LogP contribution < -0.4 is 5.32 Å². The lowest BCUT2D eigenvalue weighted by Gasteiger charge is -2.23. The van der Waals surface area contributed by atoms with Crippen LogP contribution >= 0.6 is 0 Å². The lowest BCUT2D eigenvalue weighted by atomic mass is 10.1. The topological polar surface area (TPSA) is 74.8 Å². The predicted molar refractivity (Wildman–Crippen MR) is 66.4 cm³/mol. The Bertz CT molecular complexity index is 455. The molecule has 3 unspecified atom stereocenters. The summed E-state index contributed by atoms with van der Waals surface area (Å²) in [6.45, 7) is 2.03. The van der Waals surface area contributed by atoms with Crippen LogP contribution in [-0.4, -0.2) is 36.2 Å². The fourth-order valence-electron chi connectivity index (χ4n) is 2.54. The van der Waals surface area contributed by atoms with Gasteiger partial charge in [-0.25, -0.2) is 8.42 Å². The smallest absolute Gasteiger partial charge is 0.151 e. The van der Waals surface area contributed by atoms with Gasteiger partial charge in [0.25, 0.3) is 0 Å². The van der Waals surface area contributed by atoms with Crippen molar-refractivity contribution in [2.45, 2.75) is 43.5 Å². The maximum Gasteiger partial charge on any atom is 0.151 e. The Morgan fingerprint density at radius 2 is 2.29 bits per heavy atom. The molecule has 6 heteroatoms. The van der Waals surface area contributed by atoms with E-state index in [0.29, 0.717) is 0 Å². The van der Waals surface area contributed by atoms with Crippen LogP contribution in [0, 0.1) is 0 Å². The maximum atomic E-state index is 11.7. The summed E-state index contributed by atoms with van der Waals surface area (Å²) in [4.78, 5) is 0. The molecule has 1 aromatic heterocycles. The molecule has 1 heterocycles.